The van der Waals surface area contributed by atoms with Crippen molar-refractivity contribution in [2.45, 2.75) is 6.92 Å². The third-order valence-electron chi connectivity index (χ3n) is 1.41. The maximum absolute atomic E-state index is 11.1. The number of nitrogens with two attached hydrogens (primary N) is 1. The molecular formula is C10H18N4O. The second kappa shape index (κ2) is 7.61. The van der Waals surface area contributed by atoms with Crippen molar-refractivity contribution in [1.29, 1.82) is 0 Å². The summed E-state index contributed by atoms with van der Waals surface area (Å²) < 4.78 is 0. The van der Waals surface area contributed by atoms with Crippen LogP contribution in [0.25, 0.3) is 0 Å². The van der Waals surface area contributed by atoms with Crippen LogP contribution in [0, 0.1) is 0 Å². The number of aliphatic imine (C=N–C) groups is 1. The molecule has 0 saturated heterocycles. The van der Waals surface area contributed by atoms with Crippen LogP contribution in [-0.4, -0.2) is 31.5 Å². The zero-order valence-corrected chi connectivity index (χ0v) is 9.05. The molecule has 84 valence electrons. The van der Waals surface area contributed by atoms with Gasteiger partial charge >= 0.3 is 0 Å². The molecule has 0 atom stereocenters. The molecule has 0 heterocycles. The summed E-state index contributed by atoms with van der Waals surface area (Å²) in [5, 5.41) is 5.41. The molecule has 0 aromatic rings. The molecule has 5 heteroatoms. The van der Waals surface area contributed by atoms with E-state index in [0.29, 0.717) is 13.1 Å². The number of nitrogens with one attached hydrogen (secondary N) is 2. The molecule has 1 amide bonds. The fraction of sp³-hybridized carbons (Fsp3) is 0.400. The average Bonchev–Trinajstić information content (AvgIpc) is 2.20. The number of carbonyl (C=O) groups is 1. The van der Waals surface area contributed by atoms with Gasteiger partial charge in [0.1, 0.15) is 6.54 Å². The van der Waals surface area contributed by atoms with E-state index in [1.807, 2.05) is 6.92 Å². The first-order valence-corrected chi connectivity index (χ1v) is 4.62. The van der Waals surface area contributed by atoms with Gasteiger partial charge in [-0.1, -0.05) is 18.2 Å². The van der Waals surface area contributed by atoms with Crippen molar-refractivity contribution >= 4 is 11.9 Å². The third-order valence-corrected chi connectivity index (χ3v) is 1.41. The molecule has 0 bridgehead atoms. The number of nitrogens with zero attached hydrogens (tertiary/aromatic N) is 1. The fourth-order valence-electron chi connectivity index (χ4n) is 0.696. The highest BCUT2D eigenvalue weighted by molar-refractivity contribution is 5.84. The highest BCUT2D eigenvalue weighted by Gasteiger charge is 1.97. The maximum atomic E-state index is 11.1. The number of guanidine groups is 1. The number of hydrogen-bond acceptors (Lipinski definition) is 2. The van der Waals surface area contributed by atoms with Crippen LogP contribution < -0.4 is 16.4 Å². The number of hydrogen-bond donors (Lipinski definition) is 3. The van der Waals surface area contributed by atoms with Gasteiger partial charge in [-0.25, -0.2) is 4.99 Å². The van der Waals surface area contributed by atoms with Gasteiger partial charge in [-0.05, 0) is 6.92 Å². The van der Waals surface area contributed by atoms with Crippen molar-refractivity contribution in [2.75, 3.05) is 19.6 Å². The lowest BCUT2D eigenvalue weighted by molar-refractivity contribution is -0.119. The molecule has 4 N–H and O–H groups in total. The molecule has 0 aliphatic rings. The highest BCUT2D eigenvalue weighted by atomic mass is 16.1. The largest absolute Gasteiger partial charge is 0.370 e. The second-order valence-corrected chi connectivity index (χ2v) is 3.10. The molecule has 0 unspecified atom stereocenters. The molecule has 0 saturated carbocycles. The Labute approximate surface area is 90.1 Å². The standard InChI is InChI=1S/C10H18N4O/c1-4-5-12-9(15)7-14-10(11)13-6-8(2)3/h4H,1-2,5-7H2,3H3,(H,12,15)(H3,11,13,14). The topological polar surface area (TPSA) is 79.5 Å². The molecule has 0 fully saturated rings. The smallest absolute Gasteiger partial charge is 0.242 e. The number of amides is 1. The van der Waals surface area contributed by atoms with Crippen LogP contribution in [0.3, 0.4) is 0 Å². The zero-order chi connectivity index (χ0) is 11.7. The third kappa shape index (κ3) is 8.55. The van der Waals surface area contributed by atoms with Crippen molar-refractivity contribution in [1.82, 2.24) is 10.6 Å². The van der Waals surface area contributed by atoms with Crippen molar-refractivity contribution in [3.8, 4) is 0 Å². The fourth-order valence-corrected chi connectivity index (χ4v) is 0.696. The van der Waals surface area contributed by atoms with Crippen LogP contribution in [0.5, 0.6) is 0 Å². The minimum absolute atomic E-state index is 0.0167. The van der Waals surface area contributed by atoms with Crippen LogP contribution >= 0.6 is 0 Å². The quantitative estimate of drug-likeness (QED) is 0.322. The highest BCUT2D eigenvalue weighted by Crippen LogP contribution is 1.80. The lowest BCUT2D eigenvalue weighted by atomic mass is 10.3. The molecule has 15 heavy (non-hydrogen) atoms. The second-order valence-electron chi connectivity index (χ2n) is 3.10. The minimum Gasteiger partial charge on any atom is -0.370 e. The van der Waals surface area contributed by atoms with Crippen molar-refractivity contribution < 1.29 is 4.79 Å². The van der Waals surface area contributed by atoms with E-state index in [-0.39, 0.29) is 18.4 Å². The van der Waals surface area contributed by atoms with Crippen LogP contribution in [0.15, 0.2) is 29.8 Å². The summed E-state index contributed by atoms with van der Waals surface area (Å²) >= 11 is 0. The Morgan fingerprint density at radius 2 is 2.20 bits per heavy atom. The van der Waals surface area contributed by atoms with E-state index in [2.05, 4.69) is 28.8 Å². The molecule has 0 aliphatic heterocycles. The molecule has 0 aliphatic carbocycles. The Balaban J connectivity index is 3.78. The van der Waals surface area contributed by atoms with E-state index < -0.39 is 0 Å². The molecular weight excluding hydrogens is 192 g/mol. The van der Waals surface area contributed by atoms with Gasteiger partial charge in [0.25, 0.3) is 0 Å². The molecule has 0 aromatic heterocycles. The number of rotatable bonds is 6. The molecule has 0 radical (unpaired) electrons. The van der Waals surface area contributed by atoms with E-state index in [1.165, 1.54) is 0 Å². The lowest BCUT2D eigenvalue weighted by Crippen LogP contribution is -2.34. The summed E-state index contributed by atoms with van der Waals surface area (Å²) in [5.74, 6) is 0.0572. The summed E-state index contributed by atoms with van der Waals surface area (Å²) in [6, 6.07) is 0. The molecule has 5 nitrogen and oxygen atoms in total. The van der Waals surface area contributed by atoms with Crippen LogP contribution in [0.2, 0.25) is 0 Å². The summed E-state index contributed by atoms with van der Waals surface area (Å²) in [5.41, 5.74) is 6.44. The van der Waals surface area contributed by atoms with Crippen molar-refractivity contribution in [3.63, 3.8) is 0 Å². The van der Waals surface area contributed by atoms with E-state index >= 15 is 0 Å². The zero-order valence-electron chi connectivity index (χ0n) is 9.05. The van der Waals surface area contributed by atoms with E-state index in [1.54, 1.807) is 6.08 Å². The summed E-state index contributed by atoms with van der Waals surface area (Å²) in [6.45, 7) is 10.1. The summed E-state index contributed by atoms with van der Waals surface area (Å²) in [4.78, 5) is 14.9. The lowest BCUT2D eigenvalue weighted by Gasteiger charge is -2.04. The van der Waals surface area contributed by atoms with Crippen LogP contribution in [0.1, 0.15) is 6.92 Å². The van der Waals surface area contributed by atoms with Gasteiger partial charge in [-0.2, -0.15) is 0 Å². The first-order chi connectivity index (χ1) is 7.06. The van der Waals surface area contributed by atoms with Gasteiger partial charge in [0.2, 0.25) is 5.91 Å². The Bertz CT molecular complexity index is 271. The summed E-state index contributed by atoms with van der Waals surface area (Å²) in [7, 11) is 0. The van der Waals surface area contributed by atoms with E-state index in [0.717, 1.165) is 5.57 Å². The van der Waals surface area contributed by atoms with Crippen molar-refractivity contribution in [2.24, 2.45) is 10.7 Å². The van der Waals surface area contributed by atoms with Gasteiger partial charge in [-0.3, -0.25) is 4.79 Å². The predicted octanol–water partition coefficient (Wildman–Crippen LogP) is -0.231. The Hall–Kier alpha value is -1.78. The first kappa shape index (κ1) is 13.2. The van der Waals surface area contributed by atoms with Gasteiger partial charge < -0.3 is 16.4 Å². The summed E-state index contributed by atoms with van der Waals surface area (Å²) in [6.07, 6.45) is 1.60. The first-order valence-electron chi connectivity index (χ1n) is 4.62. The monoisotopic (exact) mass is 210 g/mol. The van der Waals surface area contributed by atoms with Gasteiger partial charge in [0, 0.05) is 13.1 Å². The SMILES string of the molecule is C=CCNC(=O)CN=C(N)NCC(=C)C. The Kier molecular flexibility index (Phi) is 6.70. The molecule has 0 aromatic carbocycles. The van der Waals surface area contributed by atoms with Crippen LogP contribution in [-0.2, 0) is 4.79 Å². The van der Waals surface area contributed by atoms with E-state index in [9.17, 15) is 4.79 Å². The normalized spacial score (nSPS) is 10.6. The molecule has 0 rings (SSSR count). The van der Waals surface area contributed by atoms with Gasteiger partial charge in [0.15, 0.2) is 5.96 Å². The Morgan fingerprint density at radius 1 is 1.53 bits per heavy atom. The molecule has 0 spiro atoms. The number of carbonyl (C=O) groups excluding carboxylic acids is 1. The van der Waals surface area contributed by atoms with Crippen LogP contribution in [0.4, 0.5) is 0 Å². The minimum atomic E-state index is -0.185. The average molecular weight is 210 g/mol. The van der Waals surface area contributed by atoms with Gasteiger partial charge in [-0.15, -0.1) is 6.58 Å². The predicted molar refractivity (Wildman–Crippen MR) is 62.5 cm³/mol. The maximum Gasteiger partial charge on any atom is 0.242 e. The van der Waals surface area contributed by atoms with Gasteiger partial charge in [0.05, 0.1) is 0 Å². The van der Waals surface area contributed by atoms with Crippen molar-refractivity contribution in [3.05, 3.63) is 24.8 Å². The Morgan fingerprint density at radius 3 is 2.73 bits per heavy atom. The van der Waals surface area contributed by atoms with E-state index in [4.69, 9.17) is 5.73 Å².